The topological polar surface area (TPSA) is 49.9 Å². The highest BCUT2D eigenvalue weighted by molar-refractivity contribution is 9.10. The van der Waals surface area contributed by atoms with E-state index in [0.717, 1.165) is 10.8 Å². The molecule has 0 fully saturated rings. The predicted molar refractivity (Wildman–Crippen MR) is 54.4 cm³/mol. The third-order valence-electron chi connectivity index (χ3n) is 0.733. The van der Waals surface area contributed by atoms with Crippen LogP contribution in [-0.4, -0.2) is 6.34 Å². The van der Waals surface area contributed by atoms with Crippen molar-refractivity contribution in [3.63, 3.8) is 0 Å². The SMILES string of the molecule is Brc1ccccc1.Cl.N=CN. The fraction of sp³-hybridized carbons (Fsp3) is 0. The van der Waals surface area contributed by atoms with Crippen LogP contribution in [-0.2, 0) is 0 Å². The molecule has 11 heavy (non-hydrogen) atoms. The number of benzene rings is 1. The van der Waals surface area contributed by atoms with Crippen LogP contribution in [0.5, 0.6) is 0 Å². The lowest BCUT2D eigenvalue weighted by Gasteiger charge is -1.80. The summed E-state index contributed by atoms with van der Waals surface area (Å²) >= 11 is 3.31. The van der Waals surface area contributed by atoms with Gasteiger partial charge in [-0.15, -0.1) is 12.4 Å². The molecule has 0 aromatic heterocycles. The van der Waals surface area contributed by atoms with Gasteiger partial charge in [0.15, 0.2) is 0 Å². The van der Waals surface area contributed by atoms with Crippen LogP contribution in [0, 0.1) is 5.41 Å². The van der Waals surface area contributed by atoms with Crippen molar-refractivity contribution in [2.24, 2.45) is 5.73 Å². The van der Waals surface area contributed by atoms with Crippen LogP contribution in [0.25, 0.3) is 0 Å². The number of hydrogen-bond acceptors (Lipinski definition) is 1. The zero-order valence-electron chi connectivity index (χ0n) is 5.83. The molecule has 1 aromatic carbocycles. The van der Waals surface area contributed by atoms with Crippen LogP contribution in [0.15, 0.2) is 34.8 Å². The number of nitrogens with two attached hydrogens (primary N) is 1. The Labute approximate surface area is 80.8 Å². The van der Waals surface area contributed by atoms with Gasteiger partial charge in [0, 0.05) is 4.47 Å². The Bertz CT molecular complexity index is 179. The van der Waals surface area contributed by atoms with Crippen molar-refractivity contribution < 1.29 is 0 Å². The van der Waals surface area contributed by atoms with Gasteiger partial charge in [0.1, 0.15) is 0 Å². The van der Waals surface area contributed by atoms with Crippen LogP contribution >= 0.6 is 28.3 Å². The van der Waals surface area contributed by atoms with Crippen LogP contribution in [0.3, 0.4) is 0 Å². The molecule has 0 aliphatic carbocycles. The Hall–Kier alpha value is -0.540. The molecule has 62 valence electrons. The van der Waals surface area contributed by atoms with Crippen molar-refractivity contribution in [3.8, 4) is 0 Å². The molecule has 0 unspecified atom stereocenters. The van der Waals surface area contributed by atoms with E-state index in [-0.39, 0.29) is 12.4 Å². The summed E-state index contributed by atoms with van der Waals surface area (Å²) in [7, 11) is 0. The molecule has 0 amide bonds. The molecule has 3 N–H and O–H groups in total. The van der Waals surface area contributed by atoms with E-state index in [1.807, 2.05) is 30.3 Å². The minimum absolute atomic E-state index is 0. The Balaban J connectivity index is 0. The van der Waals surface area contributed by atoms with Gasteiger partial charge < -0.3 is 5.73 Å². The molecule has 0 aliphatic heterocycles. The number of nitrogens with one attached hydrogen (secondary N) is 1. The van der Waals surface area contributed by atoms with Crippen LogP contribution in [0.1, 0.15) is 0 Å². The van der Waals surface area contributed by atoms with E-state index in [2.05, 4.69) is 21.7 Å². The monoisotopic (exact) mass is 236 g/mol. The Morgan fingerprint density at radius 1 is 1.27 bits per heavy atom. The lowest BCUT2D eigenvalue weighted by molar-refractivity contribution is 1.52. The quantitative estimate of drug-likeness (QED) is 0.528. The largest absolute Gasteiger partial charge is 0.390 e. The molecule has 0 heterocycles. The molecule has 4 heteroatoms. The average Bonchev–Trinajstić information content (AvgIpc) is 1.91. The first kappa shape index (κ1) is 13.1. The standard InChI is InChI=1S/C6H5Br.CH4N2.ClH/c7-6-4-2-1-3-5-6;2-1-3;/h1-5H;1H,(H3,2,3);1H. The molecule has 2 nitrogen and oxygen atoms in total. The van der Waals surface area contributed by atoms with Gasteiger partial charge in [-0.05, 0) is 12.1 Å². The van der Waals surface area contributed by atoms with Gasteiger partial charge in [0.05, 0.1) is 6.34 Å². The van der Waals surface area contributed by atoms with Gasteiger partial charge in [0.25, 0.3) is 0 Å². The maximum absolute atomic E-state index is 5.86. The molecule has 0 aliphatic rings. The Morgan fingerprint density at radius 3 is 1.82 bits per heavy atom. The average molecular weight is 238 g/mol. The number of hydrogen-bond donors (Lipinski definition) is 2. The van der Waals surface area contributed by atoms with E-state index in [0.29, 0.717) is 0 Å². The normalized spacial score (nSPS) is 6.64. The fourth-order valence-corrected chi connectivity index (χ4v) is 0.720. The summed E-state index contributed by atoms with van der Waals surface area (Å²) in [4.78, 5) is 0. The van der Waals surface area contributed by atoms with Crippen molar-refractivity contribution in [1.29, 1.82) is 5.41 Å². The van der Waals surface area contributed by atoms with Crippen molar-refractivity contribution >= 4 is 34.7 Å². The first-order chi connectivity index (χ1) is 4.81. The van der Waals surface area contributed by atoms with Gasteiger partial charge in [-0.1, -0.05) is 34.1 Å². The van der Waals surface area contributed by atoms with E-state index in [1.165, 1.54) is 0 Å². The molecular weight excluding hydrogens is 227 g/mol. The third kappa shape index (κ3) is 9.46. The highest BCUT2D eigenvalue weighted by atomic mass is 79.9. The predicted octanol–water partition coefficient (Wildman–Crippen LogP) is 2.42. The highest BCUT2D eigenvalue weighted by Crippen LogP contribution is 2.05. The second kappa shape index (κ2) is 9.46. The number of halogens is 2. The molecular formula is C7H10BrClN2. The first-order valence-corrected chi connectivity index (χ1v) is 3.51. The fourth-order valence-electron chi connectivity index (χ4n) is 0.415. The van der Waals surface area contributed by atoms with Crippen LogP contribution in [0.2, 0.25) is 0 Å². The first-order valence-electron chi connectivity index (χ1n) is 2.72. The van der Waals surface area contributed by atoms with E-state index in [4.69, 9.17) is 5.41 Å². The van der Waals surface area contributed by atoms with E-state index in [1.54, 1.807) is 0 Å². The zero-order valence-corrected chi connectivity index (χ0v) is 8.23. The van der Waals surface area contributed by atoms with Gasteiger partial charge in [0.2, 0.25) is 0 Å². The van der Waals surface area contributed by atoms with Crippen LogP contribution < -0.4 is 5.73 Å². The van der Waals surface area contributed by atoms with Crippen molar-refractivity contribution in [1.82, 2.24) is 0 Å². The summed E-state index contributed by atoms with van der Waals surface area (Å²) in [5.74, 6) is 0. The van der Waals surface area contributed by atoms with Crippen molar-refractivity contribution in [2.45, 2.75) is 0 Å². The maximum atomic E-state index is 5.86. The molecule has 0 radical (unpaired) electrons. The van der Waals surface area contributed by atoms with Crippen molar-refractivity contribution in [2.75, 3.05) is 0 Å². The molecule has 0 saturated heterocycles. The summed E-state index contributed by atoms with van der Waals surface area (Å²) in [6.07, 6.45) is 0.750. The second-order valence-corrected chi connectivity index (χ2v) is 2.38. The zero-order chi connectivity index (χ0) is 7.82. The minimum atomic E-state index is 0. The van der Waals surface area contributed by atoms with E-state index >= 15 is 0 Å². The molecule has 0 spiro atoms. The summed E-state index contributed by atoms with van der Waals surface area (Å²) in [6.45, 7) is 0. The van der Waals surface area contributed by atoms with Crippen LogP contribution in [0.4, 0.5) is 0 Å². The lowest BCUT2D eigenvalue weighted by atomic mass is 10.4. The van der Waals surface area contributed by atoms with Gasteiger partial charge in [-0.2, -0.15) is 0 Å². The molecule has 1 aromatic rings. The second-order valence-electron chi connectivity index (χ2n) is 1.46. The molecule has 0 bridgehead atoms. The maximum Gasteiger partial charge on any atom is 0.0765 e. The molecule has 0 saturated carbocycles. The molecule has 1 rings (SSSR count). The smallest absolute Gasteiger partial charge is 0.0765 e. The Morgan fingerprint density at radius 2 is 1.64 bits per heavy atom. The number of rotatable bonds is 0. The third-order valence-corrected chi connectivity index (χ3v) is 1.26. The highest BCUT2D eigenvalue weighted by Gasteiger charge is 1.74. The lowest BCUT2D eigenvalue weighted by Crippen LogP contribution is -1.81. The van der Waals surface area contributed by atoms with E-state index < -0.39 is 0 Å². The molecule has 0 atom stereocenters. The van der Waals surface area contributed by atoms with Gasteiger partial charge in [-0.3, -0.25) is 5.41 Å². The van der Waals surface area contributed by atoms with Gasteiger partial charge in [-0.25, -0.2) is 0 Å². The van der Waals surface area contributed by atoms with Gasteiger partial charge >= 0.3 is 0 Å². The minimum Gasteiger partial charge on any atom is -0.390 e. The summed E-state index contributed by atoms with van der Waals surface area (Å²) in [5, 5.41) is 5.86. The summed E-state index contributed by atoms with van der Waals surface area (Å²) in [6, 6.07) is 9.97. The summed E-state index contributed by atoms with van der Waals surface area (Å²) < 4.78 is 1.13. The Kier molecular flexibility index (Phi) is 11.2. The summed E-state index contributed by atoms with van der Waals surface area (Å²) in [5.41, 5.74) is 4.39. The van der Waals surface area contributed by atoms with Crippen molar-refractivity contribution in [3.05, 3.63) is 34.8 Å². The van der Waals surface area contributed by atoms with E-state index in [9.17, 15) is 0 Å².